The zero-order valence-corrected chi connectivity index (χ0v) is 10.2. The molecule has 0 aliphatic carbocycles. The van der Waals surface area contributed by atoms with E-state index in [9.17, 15) is 9.59 Å². The van der Waals surface area contributed by atoms with Crippen LogP contribution in [0.2, 0.25) is 0 Å². The molecule has 3 atom stereocenters. The summed E-state index contributed by atoms with van der Waals surface area (Å²) in [6, 6.07) is -0.0848. The molecule has 1 aliphatic rings. The molecule has 3 unspecified atom stereocenters. The third kappa shape index (κ3) is 4.32. The fourth-order valence-corrected chi connectivity index (χ4v) is 1.86. The van der Waals surface area contributed by atoms with Crippen molar-refractivity contribution in [3.8, 4) is 0 Å². The topological polar surface area (TPSA) is 87.7 Å². The molecular weight excluding hydrogens is 224 g/mol. The van der Waals surface area contributed by atoms with E-state index in [1.165, 1.54) is 0 Å². The fourth-order valence-electron chi connectivity index (χ4n) is 1.86. The monoisotopic (exact) mass is 244 g/mol. The van der Waals surface area contributed by atoms with E-state index in [4.69, 9.17) is 9.84 Å². The van der Waals surface area contributed by atoms with E-state index >= 15 is 0 Å². The highest BCUT2D eigenvalue weighted by Crippen LogP contribution is 2.14. The number of hydrogen-bond acceptors (Lipinski definition) is 4. The second-order valence-corrected chi connectivity index (χ2v) is 4.38. The Labute approximate surface area is 101 Å². The maximum absolute atomic E-state index is 11.9. The maximum atomic E-state index is 11.9. The molecule has 98 valence electrons. The first-order valence-electron chi connectivity index (χ1n) is 5.81. The summed E-state index contributed by atoms with van der Waals surface area (Å²) >= 11 is 0. The summed E-state index contributed by atoms with van der Waals surface area (Å²) < 4.78 is 5.24. The quantitative estimate of drug-likeness (QED) is 0.591. The lowest BCUT2D eigenvalue weighted by Gasteiger charge is -2.19. The number of amides is 1. The molecule has 0 aromatic heterocycles. The summed E-state index contributed by atoms with van der Waals surface area (Å²) in [5, 5.41) is 14.4. The van der Waals surface area contributed by atoms with Crippen LogP contribution in [0.3, 0.4) is 0 Å². The Balaban J connectivity index is 2.35. The lowest BCUT2D eigenvalue weighted by molar-refractivity contribution is -0.137. The van der Waals surface area contributed by atoms with Crippen LogP contribution in [0, 0.1) is 5.92 Å². The molecule has 1 amide bonds. The molecule has 0 aromatic rings. The van der Waals surface area contributed by atoms with Crippen molar-refractivity contribution < 1.29 is 19.4 Å². The number of carbonyl (C=O) groups is 2. The first kappa shape index (κ1) is 13.9. The Morgan fingerprint density at radius 3 is 2.76 bits per heavy atom. The number of likely N-dealkylation sites (N-methyl/N-ethyl adjacent to an activating group) is 1. The van der Waals surface area contributed by atoms with Gasteiger partial charge < -0.3 is 20.5 Å². The van der Waals surface area contributed by atoms with Crippen molar-refractivity contribution in [2.45, 2.75) is 31.8 Å². The minimum atomic E-state index is -0.844. The van der Waals surface area contributed by atoms with Crippen LogP contribution in [0.5, 0.6) is 0 Å². The van der Waals surface area contributed by atoms with Crippen molar-refractivity contribution in [2.24, 2.45) is 5.92 Å². The van der Waals surface area contributed by atoms with E-state index in [1.807, 2.05) is 6.92 Å². The largest absolute Gasteiger partial charge is 0.481 e. The third-order valence-corrected chi connectivity index (χ3v) is 2.97. The number of aliphatic carboxylic acids is 1. The van der Waals surface area contributed by atoms with Gasteiger partial charge in [0.05, 0.1) is 19.1 Å². The van der Waals surface area contributed by atoms with Crippen LogP contribution in [0.1, 0.15) is 19.8 Å². The number of carboxylic acids is 1. The van der Waals surface area contributed by atoms with E-state index in [0.29, 0.717) is 19.6 Å². The summed E-state index contributed by atoms with van der Waals surface area (Å²) in [7, 11) is 1.80. The number of rotatable bonds is 6. The molecular formula is C11H20N2O4. The van der Waals surface area contributed by atoms with Gasteiger partial charge in [0.2, 0.25) is 5.91 Å². The summed E-state index contributed by atoms with van der Waals surface area (Å²) in [5.74, 6) is -1.10. The standard InChI is InChI=1S/C11H20N2O4/c1-7(3-4-10(14)15)13-11(16)8-5-17-6-9(8)12-2/h7-9,12H,3-6H2,1-2H3,(H,13,16)(H,14,15). The number of carboxylic acid groups (broad SMARTS) is 1. The molecule has 1 aliphatic heterocycles. The van der Waals surface area contributed by atoms with Crippen LogP contribution in [0.4, 0.5) is 0 Å². The Bertz CT molecular complexity index is 283. The van der Waals surface area contributed by atoms with Crippen molar-refractivity contribution in [1.82, 2.24) is 10.6 Å². The van der Waals surface area contributed by atoms with Crippen molar-refractivity contribution in [2.75, 3.05) is 20.3 Å². The lowest BCUT2D eigenvalue weighted by atomic mass is 10.0. The Kier molecular flexibility index (Phi) is 5.37. The molecule has 0 saturated carbocycles. The van der Waals surface area contributed by atoms with Gasteiger partial charge in [-0.05, 0) is 20.4 Å². The smallest absolute Gasteiger partial charge is 0.303 e. The van der Waals surface area contributed by atoms with Gasteiger partial charge >= 0.3 is 5.97 Å². The van der Waals surface area contributed by atoms with Crippen molar-refractivity contribution in [1.29, 1.82) is 0 Å². The minimum Gasteiger partial charge on any atom is -0.481 e. The summed E-state index contributed by atoms with van der Waals surface area (Å²) in [4.78, 5) is 22.3. The Morgan fingerprint density at radius 1 is 1.47 bits per heavy atom. The predicted molar refractivity (Wildman–Crippen MR) is 61.6 cm³/mol. The molecule has 6 heteroatoms. The molecule has 3 N–H and O–H groups in total. The van der Waals surface area contributed by atoms with Gasteiger partial charge in [0.25, 0.3) is 0 Å². The predicted octanol–water partition coefficient (Wildman–Crippen LogP) is -0.410. The molecule has 1 rings (SSSR count). The molecule has 17 heavy (non-hydrogen) atoms. The van der Waals surface area contributed by atoms with Gasteiger partial charge in [-0.1, -0.05) is 0 Å². The van der Waals surface area contributed by atoms with Crippen LogP contribution in [0.25, 0.3) is 0 Å². The average Bonchev–Trinajstić information content (AvgIpc) is 2.74. The van der Waals surface area contributed by atoms with Crippen molar-refractivity contribution in [3.05, 3.63) is 0 Å². The van der Waals surface area contributed by atoms with Crippen LogP contribution in [-0.2, 0) is 14.3 Å². The van der Waals surface area contributed by atoms with Gasteiger partial charge in [0.1, 0.15) is 0 Å². The zero-order chi connectivity index (χ0) is 12.8. The first-order chi connectivity index (χ1) is 8.04. The number of ether oxygens (including phenoxy) is 1. The molecule has 0 bridgehead atoms. The molecule has 6 nitrogen and oxygen atoms in total. The Hall–Kier alpha value is -1.14. The summed E-state index contributed by atoms with van der Waals surface area (Å²) in [6.07, 6.45) is 0.511. The van der Waals surface area contributed by atoms with Gasteiger partial charge in [-0.15, -0.1) is 0 Å². The summed E-state index contributed by atoms with van der Waals surface area (Å²) in [6.45, 7) is 2.77. The lowest BCUT2D eigenvalue weighted by Crippen LogP contribution is -2.45. The second-order valence-electron chi connectivity index (χ2n) is 4.38. The Morgan fingerprint density at radius 2 is 2.18 bits per heavy atom. The number of carbonyl (C=O) groups excluding carboxylic acids is 1. The van der Waals surface area contributed by atoms with Gasteiger partial charge in [-0.3, -0.25) is 9.59 Å². The maximum Gasteiger partial charge on any atom is 0.303 e. The molecule has 1 saturated heterocycles. The van der Waals surface area contributed by atoms with E-state index in [1.54, 1.807) is 7.05 Å². The van der Waals surface area contributed by atoms with E-state index in [-0.39, 0.29) is 30.3 Å². The molecule has 0 spiro atoms. The van der Waals surface area contributed by atoms with Crippen LogP contribution >= 0.6 is 0 Å². The van der Waals surface area contributed by atoms with Gasteiger partial charge in [0.15, 0.2) is 0 Å². The summed E-state index contributed by atoms with van der Waals surface area (Å²) in [5.41, 5.74) is 0. The first-order valence-corrected chi connectivity index (χ1v) is 5.81. The van der Waals surface area contributed by atoms with Crippen LogP contribution < -0.4 is 10.6 Å². The molecule has 1 heterocycles. The van der Waals surface area contributed by atoms with Gasteiger partial charge in [-0.25, -0.2) is 0 Å². The third-order valence-electron chi connectivity index (χ3n) is 2.97. The van der Waals surface area contributed by atoms with Crippen molar-refractivity contribution >= 4 is 11.9 Å². The minimum absolute atomic E-state index is 0.0432. The molecule has 0 aromatic carbocycles. The van der Waals surface area contributed by atoms with E-state index in [2.05, 4.69) is 10.6 Å². The van der Waals surface area contributed by atoms with Gasteiger partial charge in [0, 0.05) is 18.5 Å². The van der Waals surface area contributed by atoms with Gasteiger partial charge in [-0.2, -0.15) is 0 Å². The highest BCUT2D eigenvalue weighted by atomic mass is 16.5. The normalized spacial score (nSPS) is 25.5. The van der Waals surface area contributed by atoms with Crippen molar-refractivity contribution in [3.63, 3.8) is 0 Å². The van der Waals surface area contributed by atoms with E-state index in [0.717, 1.165) is 0 Å². The fraction of sp³-hybridized carbons (Fsp3) is 0.818. The highest BCUT2D eigenvalue weighted by molar-refractivity contribution is 5.80. The van der Waals surface area contributed by atoms with Crippen LogP contribution in [-0.4, -0.2) is 49.3 Å². The average molecular weight is 244 g/mol. The molecule has 1 fully saturated rings. The zero-order valence-electron chi connectivity index (χ0n) is 10.2. The van der Waals surface area contributed by atoms with E-state index < -0.39 is 5.97 Å². The molecule has 0 radical (unpaired) electrons. The SMILES string of the molecule is CNC1COCC1C(=O)NC(C)CCC(=O)O. The number of nitrogens with one attached hydrogen (secondary N) is 2. The number of hydrogen-bond donors (Lipinski definition) is 3. The second kappa shape index (κ2) is 6.56. The van der Waals surface area contributed by atoms with Crippen LogP contribution in [0.15, 0.2) is 0 Å². The highest BCUT2D eigenvalue weighted by Gasteiger charge is 2.33.